The van der Waals surface area contributed by atoms with Gasteiger partial charge in [-0.3, -0.25) is 33.6 Å². The molecule has 19 heteroatoms. The van der Waals surface area contributed by atoms with Crippen molar-refractivity contribution in [1.29, 1.82) is 0 Å². The normalized spacial score (nSPS) is 28.4. The third-order valence-corrected chi connectivity index (χ3v) is 7.70. The maximum absolute atomic E-state index is 13.5. The molecular weight excluding hydrogens is 736 g/mol. The summed E-state index contributed by atoms with van der Waals surface area (Å²) in [7, 11) is 1.02. The Balaban J connectivity index is 2.79. The van der Waals surface area contributed by atoms with Crippen molar-refractivity contribution in [3.63, 3.8) is 0 Å². The Hall–Kier alpha value is -4.36. The van der Waals surface area contributed by atoms with Crippen LogP contribution in [0.4, 0.5) is 0 Å². The largest absolute Gasteiger partial charge is 0.467 e. The Kier molecular flexibility index (Phi) is 15.8. The quantitative estimate of drug-likeness (QED) is 0.214. The Morgan fingerprint density at radius 2 is 0.818 bits per heavy atom. The minimum Gasteiger partial charge on any atom is -0.467 e. The molecular formula is C36H54O19. The number of esters is 8. The molecule has 10 atom stereocenters. The summed E-state index contributed by atoms with van der Waals surface area (Å²) < 4.78 is 61.8. The van der Waals surface area contributed by atoms with Crippen molar-refractivity contribution >= 4 is 47.8 Å². The molecule has 0 bridgehead atoms. The average molecular weight is 791 g/mol. The lowest BCUT2D eigenvalue weighted by atomic mass is 9.93. The topological polar surface area (TPSA) is 238 Å². The number of carbonyl (C=O) groups is 8. The lowest BCUT2D eigenvalue weighted by Gasteiger charge is -2.46. The molecule has 0 N–H and O–H groups in total. The lowest BCUT2D eigenvalue weighted by molar-refractivity contribution is -0.328. The van der Waals surface area contributed by atoms with E-state index in [0.717, 1.165) is 34.8 Å². The number of ether oxygens (including phenoxy) is 11. The number of hydrogen-bond acceptors (Lipinski definition) is 19. The molecule has 0 aromatic rings. The number of carbonyl (C=O) groups excluding carboxylic acids is 8. The van der Waals surface area contributed by atoms with E-state index in [4.69, 9.17) is 52.1 Å². The van der Waals surface area contributed by atoms with Crippen molar-refractivity contribution in [2.24, 2.45) is 16.2 Å². The number of rotatable bonds is 11. The van der Waals surface area contributed by atoms with Gasteiger partial charge in [-0.25, -0.2) is 4.79 Å². The summed E-state index contributed by atoms with van der Waals surface area (Å²) in [6, 6.07) is 0. The number of hydrogen-bond donors (Lipinski definition) is 0. The van der Waals surface area contributed by atoms with Gasteiger partial charge in [0.25, 0.3) is 0 Å². The molecule has 0 aromatic carbocycles. The first-order chi connectivity index (χ1) is 25.1. The minimum absolute atomic E-state index is 0.741. The Morgan fingerprint density at radius 1 is 0.455 bits per heavy atom. The minimum atomic E-state index is -1.86. The smallest absolute Gasteiger partial charge is 0.339 e. The van der Waals surface area contributed by atoms with E-state index in [1.54, 1.807) is 0 Å². The second kappa shape index (κ2) is 18.5. The van der Waals surface area contributed by atoms with E-state index >= 15 is 0 Å². The van der Waals surface area contributed by atoms with Crippen molar-refractivity contribution in [2.75, 3.05) is 13.7 Å². The fourth-order valence-corrected chi connectivity index (χ4v) is 4.98. The number of methoxy groups -OCH3 is 1. The summed E-state index contributed by atoms with van der Waals surface area (Å²) in [5.74, 6) is -7.27. The van der Waals surface area contributed by atoms with Gasteiger partial charge in [0.2, 0.25) is 12.4 Å². The zero-order valence-electron chi connectivity index (χ0n) is 33.7. The summed E-state index contributed by atoms with van der Waals surface area (Å²) >= 11 is 0. The van der Waals surface area contributed by atoms with Crippen LogP contribution < -0.4 is 0 Å². The van der Waals surface area contributed by atoms with Crippen LogP contribution in [0.1, 0.15) is 90.0 Å². The van der Waals surface area contributed by atoms with E-state index in [1.165, 1.54) is 62.3 Å². The first-order valence-corrected chi connectivity index (χ1v) is 17.4. The van der Waals surface area contributed by atoms with E-state index in [2.05, 4.69) is 0 Å². The molecule has 312 valence electrons. The first-order valence-electron chi connectivity index (χ1n) is 17.4. The molecule has 2 heterocycles. The summed E-state index contributed by atoms with van der Waals surface area (Å²) in [5.41, 5.74) is -3.49. The average Bonchev–Trinajstić information content (AvgIpc) is 3.02. The molecule has 0 radical (unpaired) electrons. The highest BCUT2D eigenvalue weighted by Gasteiger charge is 2.58. The molecule has 2 fully saturated rings. The molecule has 2 rings (SSSR count). The van der Waals surface area contributed by atoms with Gasteiger partial charge in [0, 0.05) is 27.7 Å². The van der Waals surface area contributed by atoms with E-state index in [-0.39, 0.29) is 0 Å². The predicted octanol–water partition coefficient (Wildman–Crippen LogP) is 1.86. The van der Waals surface area contributed by atoms with Crippen LogP contribution in [0.2, 0.25) is 0 Å². The molecule has 2 aliphatic rings. The highest BCUT2D eigenvalue weighted by atomic mass is 16.8. The van der Waals surface area contributed by atoms with Crippen molar-refractivity contribution in [3.8, 4) is 0 Å². The summed E-state index contributed by atoms with van der Waals surface area (Å²) in [5, 5.41) is 0. The van der Waals surface area contributed by atoms with Gasteiger partial charge >= 0.3 is 47.8 Å². The van der Waals surface area contributed by atoms with Crippen LogP contribution in [-0.4, -0.2) is 123 Å². The van der Waals surface area contributed by atoms with Gasteiger partial charge in [0.1, 0.15) is 6.10 Å². The van der Waals surface area contributed by atoms with Crippen molar-refractivity contribution in [1.82, 2.24) is 0 Å². The van der Waals surface area contributed by atoms with Crippen LogP contribution in [0, 0.1) is 16.2 Å². The van der Waals surface area contributed by atoms with Crippen LogP contribution in [0.5, 0.6) is 0 Å². The van der Waals surface area contributed by atoms with E-state index in [9.17, 15) is 38.4 Å². The van der Waals surface area contributed by atoms with Gasteiger partial charge in [0.05, 0.1) is 30.0 Å². The monoisotopic (exact) mass is 790 g/mol. The van der Waals surface area contributed by atoms with Gasteiger partial charge in [-0.15, -0.1) is 0 Å². The fourth-order valence-electron chi connectivity index (χ4n) is 4.98. The molecule has 2 saturated heterocycles. The molecule has 0 aliphatic carbocycles. The molecule has 55 heavy (non-hydrogen) atoms. The van der Waals surface area contributed by atoms with E-state index in [1.807, 2.05) is 0 Å². The molecule has 0 amide bonds. The van der Waals surface area contributed by atoms with Gasteiger partial charge in [-0.1, -0.05) is 0 Å². The van der Waals surface area contributed by atoms with Crippen LogP contribution in [-0.2, 0) is 90.5 Å². The molecule has 0 unspecified atom stereocenters. The summed E-state index contributed by atoms with van der Waals surface area (Å²) in [6.45, 7) is 17.2. The molecule has 0 aromatic heterocycles. The Bertz CT molecular complexity index is 1450. The highest BCUT2D eigenvalue weighted by molar-refractivity contribution is 5.80. The van der Waals surface area contributed by atoms with E-state index < -0.39 is 132 Å². The van der Waals surface area contributed by atoms with Gasteiger partial charge in [-0.2, -0.15) is 0 Å². The Morgan fingerprint density at radius 3 is 1.24 bits per heavy atom. The second-order valence-corrected chi connectivity index (χ2v) is 16.0. The third-order valence-electron chi connectivity index (χ3n) is 7.70. The molecule has 2 aliphatic heterocycles. The molecule has 0 spiro atoms. The third kappa shape index (κ3) is 13.1. The maximum Gasteiger partial charge on any atom is 0.339 e. The zero-order chi connectivity index (χ0) is 42.4. The SMILES string of the molecule is COC(=O)[C@H]1O[C@@H](OC[C@H]2O[C@@H](OC(C)=O)[C@H](OC(C)=O)[C@@H](OC(C)=O)[C@@H]2OC(C)=O)[C@H](OC(=O)C(C)(C)C)[C@@H](OC(=O)C(C)(C)C)[C@@H]1OC(=O)C(C)(C)C. The van der Waals surface area contributed by atoms with Crippen LogP contribution in [0.3, 0.4) is 0 Å². The second-order valence-electron chi connectivity index (χ2n) is 16.0. The standard InChI is InChI=1S/C36H54O19/c1-16(37)47-21-20(51-30(50-19(4)40)27(49-18(3)39)22(21)48-17(2)38)15-46-29-26(55-33(44)36(11,12)13)24(54-32(43)35(8,9)10)23(25(52-29)28(41)45-14)53-31(42)34(5,6)7/h20-27,29-30H,15H2,1-14H3/t20-,21-,22+,23+,24+,25+,26-,27-,29-,30-/m1/s1. The summed E-state index contributed by atoms with van der Waals surface area (Å²) in [6.07, 6.45) is -17.2. The van der Waals surface area contributed by atoms with Crippen molar-refractivity contribution in [3.05, 3.63) is 0 Å². The molecule has 19 nitrogen and oxygen atoms in total. The molecule has 0 saturated carbocycles. The Labute approximate surface area is 319 Å². The van der Waals surface area contributed by atoms with Gasteiger partial charge < -0.3 is 52.1 Å². The summed E-state index contributed by atoms with van der Waals surface area (Å²) in [4.78, 5) is 102. The van der Waals surface area contributed by atoms with Crippen molar-refractivity contribution in [2.45, 2.75) is 151 Å². The van der Waals surface area contributed by atoms with Crippen molar-refractivity contribution < 1.29 is 90.5 Å². The maximum atomic E-state index is 13.5. The van der Waals surface area contributed by atoms with Crippen LogP contribution in [0.15, 0.2) is 0 Å². The lowest BCUT2D eigenvalue weighted by Crippen LogP contribution is -2.66. The fraction of sp³-hybridized carbons (Fsp3) is 0.778. The van der Waals surface area contributed by atoms with Crippen LogP contribution in [0.25, 0.3) is 0 Å². The predicted molar refractivity (Wildman–Crippen MR) is 182 cm³/mol. The first kappa shape index (κ1) is 46.8. The van der Waals surface area contributed by atoms with E-state index in [0.29, 0.717) is 0 Å². The highest BCUT2D eigenvalue weighted by Crippen LogP contribution is 2.36. The van der Waals surface area contributed by atoms with Crippen LogP contribution >= 0.6 is 0 Å². The zero-order valence-corrected chi connectivity index (χ0v) is 33.7. The van der Waals surface area contributed by atoms with Gasteiger partial charge in [-0.05, 0) is 62.3 Å². The van der Waals surface area contributed by atoms with Gasteiger partial charge in [0.15, 0.2) is 42.9 Å².